The molecule has 1 fully saturated rings. The summed E-state index contributed by atoms with van der Waals surface area (Å²) in [6, 6.07) is 3.82. The van der Waals surface area contributed by atoms with Crippen molar-refractivity contribution in [3.8, 4) is 0 Å². The minimum atomic E-state index is 0.103. The van der Waals surface area contributed by atoms with E-state index in [0.717, 1.165) is 36.6 Å². The van der Waals surface area contributed by atoms with Crippen LogP contribution in [-0.4, -0.2) is 35.9 Å². The Kier molecular flexibility index (Phi) is 5.21. The quantitative estimate of drug-likeness (QED) is 0.835. The molecule has 1 aliphatic rings. The first kappa shape index (κ1) is 15.8. The zero-order chi connectivity index (χ0) is 15.4. The molecule has 0 atom stereocenters. The Labute approximate surface area is 127 Å². The summed E-state index contributed by atoms with van der Waals surface area (Å²) in [5, 5.41) is 3.30. The second-order valence-corrected chi connectivity index (χ2v) is 6.38. The molecule has 2 rings (SSSR count). The molecule has 1 heterocycles. The van der Waals surface area contributed by atoms with Crippen LogP contribution in [0.4, 0.5) is 5.82 Å². The SMILES string of the molecule is CCCNc1cc(C(=O)N(C)CC2CC2)cc(C(C)C)n1. The van der Waals surface area contributed by atoms with Gasteiger partial charge in [-0.25, -0.2) is 4.98 Å². The smallest absolute Gasteiger partial charge is 0.253 e. The van der Waals surface area contributed by atoms with Gasteiger partial charge < -0.3 is 10.2 Å². The summed E-state index contributed by atoms with van der Waals surface area (Å²) >= 11 is 0. The first-order chi connectivity index (χ1) is 10.0. The van der Waals surface area contributed by atoms with Crippen molar-refractivity contribution < 1.29 is 4.79 Å². The summed E-state index contributed by atoms with van der Waals surface area (Å²) in [5.41, 5.74) is 1.72. The van der Waals surface area contributed by atoms with Gasteiger partial charge in [0.15, 0.2) is 0 Å². The Morgan fingerprint density at radius 2 is 2.14 bits per heavy atom. The molecule has 116 valence electrons. The lowest BCUT2D eigenvalue weighted by Gasteiger charge is -2.18. The van der Waals surface area contributed by atoms with E-state index in [1.54, 1.807) is 0 Å². The second-order valence-electron chi connectivity index (χ2n) is 6.38. The molecule has 0 aliphatic heterocycles. The summed E-state index contributed by atoms with van der Waals surface area (Å²) in [4.78, 5) is 19.0. The van der Waals surface area contributed by atoms with Crippen LogP contribution in [0.2, 0.25) is 0 Å². The van der Waals surface area contributed by atoms with E-state index in [0.29, 0.717) is 11.8 Å². The largest absolute Gasteiger partial charge is 0.370 e. The zero-order valence-corrected chi connectivity index (χ0v) is 13.6. The number of nitrogens with one attached hydrogen (secondary N) is 1. The monoisotopic (exact) mass is 289 g/mol. The second kappa shape index (κ2) is 6.92. The van der Waals surface area contributed by atoms with Crippen molar-refractivity contribution in [1.29, 1.82) is 0 Å². The Bertz CT molecular complexity index is 495. The maximum atomic E-state index is 12.6. The average molecular weight is 289 g/mol. The summed E-state index contributed by atoms with van der Waals surface area (Å²) in [7, 11) is 1.90. The summed E-state index contributed by atoms with van der Waals surface area (Å²) < 4.78 is 0. The highest BCUT2D eigenvalue weighted by molar-refractivity contribution is 5.95. The predicted octanol–water partition coefficient (Wildman–Crippen LogP) is 3.51. The van der Waals surface area contributed by atoms with E-state index in [9.17, 15) is 4.79 Å². The molecule has 0 aromatic carbocycles. The van der Waals surface area contributed by atoms with Crippen molar-refractivity contribution in [3.05, 3.63) is 23.4 Å². The molecule has 4 heteroatoms. The molecule has 0 bridgehead atoms. The van der Waals surface area contributed by atoms with Crippen LogP contribution in [0.5, 0.6) is 0 Å². The van der Waals surface area contributed by atoms with Crippen LogP contribution in [0.15, 0.2) is 12.1 Å². The number of rotatable bonds is 7. The van der Waals surface area contributed by atoms with Gasteiger partial charge in [0.25, 0.3) is 5.91 Å². The van der Waals surface area contributed by atoms with Crippen LogP contribution in [-0.2, 0) is 0 Å². The van der Waals surface area contributed by atoms with Crippen molar-refractivity contribution in [2.24, 2.45) is 5.92 Å². The Balaban J connectivity index is 2.18. The first-order valence-corrected chi connectivity index (χ1v) is 8.02. The van der Waals surface area contributed by atoms with Gasteiger partial charge in [0, 0.05) is 31.4 Å². The molecule has 1 N–H and O–H groups in total. The molecule has 4 nitrogen and oxygen atoms in total. The molecule has 0 spiro atoms. The molecule has 1 aromatic rings. The van der Waals surface area contributed by atoms with Gasteiger partial charge in [-0.2, -0.15) is 0 Å². The van der Waals surface area contributed by atoms with Crippen molar-refractivity contribution in [3.63, 3.8) is 0 Å². The summed E-state index contributed by atoms with van der Waals surface area (Å²) in [6.45, 7) is 8.08. The normalized spacial score (nSPS) is 14.3. The Morgan fingerprint density at radius 1 is 1.43 bits per heavy atom. The predicted molar refractivity (Wildman–Crippen MR) is 86.8 cm³/mol. The maximum absolute atomic E-state index is 12.6. The van der Waals surface area contributed by atoms with Crippen molar-refractivity contribution in [2.75, 3.05) is 25.5 Å². The van der Waals surface area contributed by atoms with Crippen LogP contribution >= 0.6 is 0 Å². The number of nitrogens with zero attached hydrogens (tertiary/aromatic N) is 2. The highest BCUT2D eigenvalue weighted by atomic mass is 16.2. The lowest BCUT2D eigenvalue weighted by molar-refractivity contribution is 0.0788. The van der Waals surface area contributed by atoms with Crippen molar-refractivity contribution >= 4 is 11.7 Å². The molecular formula is C17H27N3O. The number of pyridine rings is 1. The van der Waals surface area contributed by atoms with E-state index >= 15 is 0 Å². The number of aromatic nitrogens is 1. The van der Waals surface area contributed by atoms with E-state index in [1.807, 2.05) is 24.1 Å². The van der Waals surface area contributed by atoms with Crippen LogP contribution < -0.4 is 5.32 Å². The third-order valence-corrected chi connectivity index (χ3v) is 3.82. The molecule has 0 unspecified atom stereocenters. The van der Waals surface area contributed by atoms with Crippen molar-refractivity contribution in [1.82, 2.24) is 9.88 Å². The highest BCUT2D eigenvalue weighted by Crippen LogP contribution is 2.30. The van der Waals surface area contributed by atoms with Crippen molar-refractivity contribution in [2.45, 2.75) is 46.0 Å². The van der Waals surface area contributed by atoms with Gasteiger partial charge in [0.05, 0.1) is 0 Å². The highest BCUT2D eigenvalue weighted by Gasteiger charge is 2.25. The molecule has 1 amide bonds. The Hall–Kier alpha value is -1.58. The average Bonchev–Trinajstić information content (AvgIpc) is 3.27. The van der Waals surface area contributed by atoms with E-state index in [4.69, 9.17) is 0 Å². The third kappa shape index (κ3) is 4.45. The molecule has 0 saturated heterocycles. The van der Waals surface area contributed by atoms with Crippen LogP contribution in [0.25, 0.3) is 0 Å². The minimum Gasteiger partial charge on any atom is -0.370 e. The number of carbonyl (C=O) groups excluding carboxylic acids is 1. The third-order valence-electron chi connectivity index (χ3n) is 3.82. The molecule has 1 aromatic heterocycles. The van der Waals surface area contributed by atoms with Gasteiger partial charge in [-0.15, -0.1) is 0 Å². The summed E-state index contributed by atoms with van der Waals surface area (Å²) in [5.74, 6) is 1.94. The molecule has 0 radical (unpaired) electrons. The number of carbonyl (C=O) groups is 1. The fourth-order valence-corrected chi connectivity index (χ4v) is 2.31. The standard InChI is InChI=1S/C17H27N3O/c1-5-8-18-16-10-14(9-15(19-16)12(2)3)17(21)20(4)11-13-6-7-13/h9-10,12-13H,5-8,11H2,1-4H3,(H,18,19). The lowest BCUT2D eigenvalue weighted by atomic mass is 10.1. The van der Waals surface area contributed by atoms with Gasteiger partial charge >= 0.3 is 0 Å². The van der Waals surface area contributed by atoms with Crippen LogP contribution in [0, 0.1) is 5.92 Å². The molecule has 1 saturated carbocycles. The number of hydrogen-bond acceptors (Lipinski definition) is 3. The fraction of sp³-hybridized carbons (Fsp3) is 0.647. The van der Waals surface area contributed by atoms with Gasteiger partial charge in [-0.05, 0) is 43.2 Å². The van der Waals surface area contributed by atoms with E-state index in [-0.39, 0.29) is 5.91 Å². The van der Waals surface area contributed by atoms with Gasteiger partial charge in [-0.1, -0.05) is 20.8 Å². The van der Waals surface area contributed by atoms with E-state index in [2.05, 4.69) is 31.1 Å². The maximum Gasteiger partial charge on any atom is 0.253 e. The molecule has 1 aliphatic carbocycles. The fourth-order valence-electron chi connectivity index (χ4n) is 2.31. The van der Waals surface area contributed by atoms with E-state index in [1.165, 1.54) is 12.8 Å². The van der Waals surface area contributed by atoms with Gasteiger partial charge in [0.1, 0.15) is 5.82 Å². The van der Waals surface area contributed by atoms with Gasteiger partial charge in [0.2, 0.25) is 0 Å². The minimum absolute atomic E-state index is 0.103. The molecular weight excluding hydrogens is 262 g/mol. The first-order valence-electron chi connectivity index (χ1n) is 8.02. The number of hydrogen-bond donors (Lipinski definition) is 1. The van der Waals surface area contributed by atoms with Gasteiger partial charge in [-0.3, -0.25) is 4.79 Å². The number of amides is 1. The summed E-state index contributed by atoms with van der Waals surface area (Å²) in [6.07, 6.45) is 3.56. The number of anilines is 1. The Morgan fingerprint density at radius 3 is 2.71 bits per heavy atom. The molecule has 21 heavy (non-hydrogen) atoms. The topological polar surface area (TPSA) is 45.2 Å². The van der Waals surface area contributed by atoms with Crippen LogP contribution in [0.1, 0.15) is 62.0 Å². The van der Waals surface area contributed by atoms with E-state index < -0.39 is 0 Å². The van der Waals surface area contributed by atoms with Crippen LogP contribution in [0.3, 0.4) is 0 Å². The lowest BCUT2D eigenvalue weighted by Crippen LogP contribution is -2.29. The zero-order valence-electron chi connectivity index (χ0n) is 13.6.